The van der Waals surface area contributed by atoms with Crippen LogP contribution in [0.4, 0.5) is 0 Å². The quantitative estimate of drug-likeness (QED) is 0.321. The Hall–Kier alpha value is -2.00. The number of aromatic nitrogens is 2. The Balaban J connectivity index is 2.29. The molecule has 4 atom stereocenters. The molecule has 0 aliphatic carbocycles. The third-order valence-electron chi connectivity index (χ3n) is 5.01. The molecule has 32 heavy (non-hydrogen) atoms. The summed E-state index contributed by atoms with van der Waals surface area (Å²) in [5.74, 6) is 5.40. The molecule has 1 aromatic rings. The standard InChI is InChI=1S/C22H33N4O5P/c1-7-10-17-14-25(22(28)24-21(17)27)20-13-19(18(8-2)30-20)31-32(29-12-9-11-23)26(15(3)4)16(5)6/h14-16,18-20H,8-9,12-13H2,1-6H3,(H,24,27,28)/t18-,19-,20-,32?/m1/s1. The first-order valence-corrected chi connectivity index (χ1v) is 12.0. The van der Waals surface area contributed by atoms with E-state index in [-0.39, 0.29) is 42.9 Å². The number of aromatic amines is 1. The van der Waals surface area contributed by atoms with Gasteiger partial charge in [-0.3, -0.25) is 14.3 Å². The van der Waals surface area contributed by atoms with Crippen molar-refractivity contribution in [2.45, 2.75) is 91.3 Å². The topological polar surface area (TPSA) is 110 Å². The van der Waals surface area contributed by atoms with Gasteiger partial charge in [-0.2, -0.15) is 5.26 Å². The maximum absolute atomic E-state index is 12.4. The second kappa shape index (κ2) is 12.3. The number of nitrogens with one attached hydrogen (secondary N) is 1. The van der Waals surface area contributed by atoms with Gasteiger partial charge in [-0.05, 0) is 41.0 Å². The molecule has 1 fully saturated rings. The van der Waals surface area contributed by atoms with Crippen LogP contribution in [-0.4, -0.2) is 45.1 Å². The van der Waals surface area contributed by atoms with Crippen molar-refractivity contribution in [2.24, 2.45) is 0 Å². The lowest BCUT2D eigenvalue weighted by atomic mass is 10.1. The Morgan fingerprint density at radius 1 is 1.34 bits per heavy atom. The number of hydrogen-bond donors (Lipinski definition) is 1. The second-order valence-electron chi connectivity index (χ2n) is 8.05. The number of nitrogens with zero attached hydrogens (tertiary/aromatic N) is 3. The number of H-pyrrole nitrogens is 1. The van der Waals surface area contributed by atoms with Gasteiger partial charge in [0.15, 0.2) is 0 Å². The molecule has 1 saturated heterocycles. The van der Waals surface area contributed by atoms with Gasteiger partial charge >= 0.3 is 5.69 Å². The van der Waals surface area contributed by atoms with E-state index in [0.29, 0.717) is 12.8 Å². The molecule has 9 nitrogen and oxygen atoms in total. The lowest BCUT2D eigenvalue weighted by Gasteiger charge is -2.37. The van der Waals surface area contributed by atoms with Crippen molar-refractivity contribution < 1.29 is 13.8 Å². The largest absolute Gasteiger partial charge is 0.352 e. The fourth-order valence-corrected chi connectivity index (χ4v) is 5.44. The number of ether oxygens (including phenoxy) is 1. The molecule has 1 N–H and O–H groups in total. The van der Waals surface area contributed by atoms with E-state index >= 15 is 0 Å². The van der Waals surface area contributed by atoms with Crippen molar-refractivity contribution in [3.05, 3.63) is 32.6 Å². The third-order valence-corrected chi connectivity index (χ3v) is 7.16. The molecule has 0 amide bonds. The van der Waals surface area contributed by atoms with E-state index in [2.05, 4.69) is 55.3 Å². The van der Waals surface area contributed by atoms with Gasteiger partial charge in [-0.25, -0.2) is 9.46 Å². The van der Waals surface area contributed by atoms with Crippen LogP contribution in [-0.2, 0) is 13.8 Å². The van der Waals surface area contributed by atoms with E-state index in [1.54, 1.807) is 6.92 Å². The molecule has 10 heteroatoms. The summed E-state index contributed by atoms with van der Waals surface area (Å²) >= 11 is 0. The van der Waals surface area contributed by atoms with E-state index in [4.69, 9.17) is 19.0 Å². The summed E-state index contributed by atoms with van der Waals surface area (Å²) in [5, 5.41) is 8.90. The monoisotopic (exact) mass is 464 g/mol. The average Bonchev–Trinajstić information content (AvgIpc) is 3.12. The van der Waals surface area contributed by atoms with Crippen LogP contribution >= 0.6 is 8.53 Å². The molecule has 0 bridgehead atoms. The Morgan fingerprint density at radius 3 is 2.59 bits per heavy atom. The van der Waals surface area contributed by atoms with Crippen molar-refractivity contribution >= 4 is 8.53 Å². The second-order valence-corrected chi connectivity index (χ2v) is 9.45. The van der Waals surface area contributed by atoms with E-state index < -0.39 is 26.0 Å². The molecule has 2 heterocycles. The fourth-order valence-electron chi connectivity index (χ4n) is 3.68. The molecule has 1 aromatic heterocycles. The molecule has 0 saturated carbocycles. The van der Waals surface area contributed by atoms with Crippen LogP contribution < -0.4 is 11.2 Å². The van der Waals surface area contributed by atoms with Crippen molar-refractivity contribution in [1.29, 1.82) is 5.26 Å². The normalized spacial score (nSPS) is 21.6. The number of rotatable bonds is 10. The van der Waals surface area contributed by atoms with E-state index in [1.165, 1.54) is 10.8 Å². The minimum atomic E-state index is -1.44. The zero-order chi connectivity index (χ0) is 23.8. The van der Waals surface area contributed by atoms with Gasteiger partial charge in [0, 0.05) is 24.7 Å². The Bertz CT molecular complexity index is 963. The Labute approximate surface area is 190 Å². The van der Waals surface area contributed by atoms with Crippen LogP contribution in [0.25, 0.3) is 0 Å². The first-order valence-electron chi connectivity index (χ1n) is 10.9. The summed E-state index contributed by atoms with van der Waals surface area (Å²) in [7, 11) is -1.44. The van der Waals surface area contributed by atoms with Gasteiger partial charge in [0.1, 0.15) is 11.8 Å². The maximum atomic E-state index is 12.4. The Morgan fingerprint density at radius 2 is 2.03 bits per heavy atom. The maximum Gasteiger partial charge on any atom is 0.330 e. The highest BCUT2D eigenvalue weighted by molar-refractivity contribution is 7.44. The molecule has 2 rings (SSSR count). The summed E-state index contributed by atoms with van der Waals surface area (Å²) in [5.41, 5.74) is -0.853. The average molecular weight is 465 g/mol. The third kappa shape index (κ3) is 6.51. The molecule has 176 valence electrons. The number of nitriles is 1. The first-order chi connectivity index (χ1) is 15.2. The van der Waals surface area contributed by atoms with Crippen LogP contribution in [0, 0.1) is 23.2 Å². The summed E-state index contributed by atoms with van der Waals surface area (Å²) in [6, 6.07) is 2.46. The first kappa shape index (κ1) is 26.3. The smallest absolute Gasteiger partial charge is 0.330 e. The zero-order valence-corrected chi connectivity index (χ0v) is 20.5. The SMILES string of the molecule is CC#Cc1cn([C@H]2C[C@@H](OP(OCCC#N)N(C(C)C)C(C)C)[C@@H](CC)O2)c(=O)[nH]c1=O. The van der Waals surface area contributed by atoms with Gasteiger partial charge in [0.2, 0.25) is 0 Å². The van der Waals surface area contributed by atoms with E-state index in [1.807, 2.05) is 6.92 Å². The van der Waals surface area contributed by atoms with Gasteiger partial charge in [-0.15, -0.1) is 5.92 Å². The molecular formula is C22H33N4O5P. The summed E-state index contributed by atoms with van der Waals surface area (Å²) in [6.07, 6.45) is 1.69. The Kier molecular flexibility index (Phi) is 10.1. The predicted octanol–water partition coefficient (Wildman–Crippen LogP) is 3.27. The summed E-state index contributed by atoms with van der Waals surface area (Å²) in [6.45, 7) is 12.2. The molecule has 1 unspecified atom stereocenters. The fraction of sp³-hybridized carbons (Fsp3) is 0.682. The highest BCUT2D eigenvalue weighted by atomic mass is 31.2. The molecular weight excluding hydrogens is 431 g/mol. The number of hydrogen-bond acceptors (Lipinski definition) is 7. The van der Waals surface area contributed by atoms with E-state index in [0.717, 1.165) is 0 Å². The van der Waals surface area contributed by atoms with Crippen molar-refractivity contribution in [1.82, 2.24) is 14.2 Å². The van der Waals surface area contributed by atoms with Gasteiger partial charge < -0.3 is 13.8 Å². The van der Waals surface area contributed by atoms with Gasteiger partial charge in [0.05, 0.1) is 31.3 Å². The molecule has 1 aliphatic rings. The molecule has 0 spiro atoms. The van der Waals surface area contributed by atoms with Crippen LogP contribution in [0.2, 0.25) is 0 Å². The van der Waals surface area contributed by atoms with Crippen molar-refractivity contribution in [3.8, 4) is 17.9 Å². The van der Waals surface area contributed by atoms with Crippen molar-refractivity contribution in [3.63, 3.8) is 0 Å². The molecule has 1 aliphatic heterocycles. The summed E-state index contributed by atoms with van der Waals surface area (Å²) < 4.78 is 22.1. The van der Waals surface area contributed by atoms with Crippen LogP contribution in [0.3, 0.4) is 0 Å². The minimum Gasteiger partial charge on any atom is -0.352 e. The predicted molar refractivity (Wildman–Crippen MR) is 123 cm³/mol. The van der Waals surface area contributed by atoms with Crippen LogP contribution in [0.1, 0.15) is 72.6 Å². The van der Waals surface area contributed by atoms with Crippen LogP contribution in [0.15, 0.2) is 15.8 Å². The minimum absolute atomic E-state index is 0.179. The summed E-state index contributed by atoms with van der Waals surface area (Å²) in [4.78, 5) is 26.7. The highest BCUT2D eigenvalue weighted by Crippen LogP contribution is 2.50. The van der Waals surface area contributed by atoms with Gasteiger partial charge in [0.25, 0.3) is 14.1 Å². The van der Waals surface area contributed by atoms with Gasteiger partial charge in [-0.1, -0.05) is 12.8 Å². The molecule has 0 aromatic carbocycles. The molecule has 0 radical (unpaired) electrons. The van der Waals surface area contributed by atoms with E-state index in [9.17, 15) is 9.59 Å². The highest BCUT2D eigenvalue weighted by Gasteiger charge is 2.40. The zero-order valence-electron chi connectivity index (χ0n) is 19.6. The lowest BCUT2D eigenvalue weighted by molar-refractivity contribution is -0.0201. The van der Waals surface area contributed by atoms with Crippen LogP contribution in [0.5, 0.6) is 0 Å². The lowest BCUT2D eigenvalue weighted by Crippen LogP contribution is -2.35. The van der Waals surface area contributed by atoms with Crippen molar-refractivity contribution in [2.75, 3.05) is 6.61 Å².